The summed E-state index contributed by atoms with van der Waals surface area (Å²) >= 11 is 3.21. The largest absolute Gasteiger partial charge is 0.444 e. The Morgan fingerprint density at radius 3 is 2.53 bits per heavy atom. The first-order valence-corrected chi connectivity index (χ1v) is 7.14. The fraction of sp³-hybridized carbons (Fsp3) is 0.267. The van der Waals surface area contributed by atoms with Gasteiger partial charge in [0, 0.05) is 0 Å². The number of rotatable bonds is 4. The molecule has 1 aliphatic rings. The molecule has 1 fully saturated rings. The molecule has 1 saturated carbocycles. The molecule has 19 heavy (non-hydrogen) atoms. The molecule has 3 rings (SSSR count). The van der Waals surface area contributed by atoms with E-state index >= 15 is 0 Å². The van der Waals surface area contributed by atoms with Gasteiger partial charge in [-0.2, -0.15) is 0 Å². The third-order valence-corrected chi connectivity index (χ3v) is 3.76. The van der Waals surface area contributed by atoms with Crippen molar-refractivity contribution in [2.75, 3.05) is 0 Å². The fourth-order valence-corrected chi connectivity index (χ4v) is 2.52. The van der Waals surface area contributed by atoms with Crippen LogP contribution in [0.25, 0.3) is 0 Å². The van der Waals surface area contributed by atoms with Gasteiger partial charge in [0.2, 0.25) is 0 Å². The van der Waals surface area contributed by atoms with Gasteiger partial charge in [0.1, 0.15) is 0 Å². The third kappa shape index (κ3) is 2.89. The van der Waals surface area contributed by atoms with Gasteiger partial charge in [-0.15, -0.1) is 0 Å². The van der Waals surface area contributed by atoms with E-state index in [2.05, 4.69) is 33.4 Å². The molecular formula is C15H14BrNO2. The first-order chi connectivity index (χ1) is 9.24. The number of carbonyl (C=O) groups is 1. The highest BCUT2D eigenvalue weighted by Gasteiger charge is 2.33. The van der Waals surface area contributed by atoms with E-state index < -0.39 is 0 Å². The smallest absolute Gasteiger partial charge is 0.287 e. The number of hydrogen-bond donors (Lipinski definition) is 1. The van der Waals surface area contributed by atoms with E-state index in [9.17, 15) is 4.79 Å². The maximum absolute atomic E-state index is 12.1. The average molecular weight is 320 g/mol. The van der Waals surface area contributed by atoms with Crippen LogP contribution >= 0.6 is 15.9 Å². The van der Waals surface area contributed by atoms with Crippen LogP contribution in [0.1, 0.15) is 35.0 Å². The molecule has 1 N–H and O–H groups in total. The highest BCUT2D eigenvalue weighted by molar-refractivity contribution is 9.10. The number of carbonyl (C=O) groups excluding carboxylic acids is 1. The number of furan rings is 1. The van der Waals surface area contributed by atoms with Crippen LogP contribution in [0.4, 0.5) is 0 Å². The second kappa shape index (κ2) is 5.21. The predicted molar refractivity (Wildman–Crippen MR) is 75.8 cm³/mol. The minimum Gasteiger partial charge on any atom is -0.444 e. The van der Waals surface area contributed by atoms with Crippen LogP contribution in [-0.4, -0.2) is 5.91 Å². The number of benzene rings is 1. The summed E-state index contributed by atoms with van der Waals surface area (Å²) in [5.74, 6) is 0.727. The van der Waals surface area contributed by atoms with Crippen LogP contribution in [0.3, 0.4) is 0 Å². The van der Waals surface area contributed by atoms with Crippen molar-refractivity contribution < 1.29 is 9.21 Å². The van der Waals surface area contributed by atoms with Gasteiger partial charge in [-0.3, -0.25) is 4.79 Å². The number of hydrogen-bond acceptors (Lipinski definition) is 2. The second-order valence-corrected chi connectivity index (χ2v) is 5.58. The summed E-state index contributed by atoms with van der Waals surface area (Å²) in [5.41, 5.74) is 1.16. The minimum absolute atomic E-state index is 0.0811. The lowest BCUT2D eigenvalue weighted by Crippen LogP contribution is -2.29. The van der Waals surface area contributed by atoms with Gasteiger partial charge < -0.3 is 9.73 Å². The zero-order valence-corrected chi connectivity index (χ0v) is 11.9. The first-order valence-electron chi connectivity index (χ1n) is 6.35. The molecular weight excluding hydrogens is 306 g/mol. The van der Waals surface area contributed by atoms with Crippen molar-refractivity contribution in [2.24, 2.45) is 5.92 Å². The molecule has 0 bridgehead atoms. The maximum Gasteiger partial charge on any atom is 0.287 e. The van der Waals surface area contributed by atoms with Crippen LogP contribution in [0.2, 0.25) is 0 Å². The molecule has 0 radical (unpaired) electrons. The van der Waals surface area contributed by atoms with E-state index in [1.54, 1.807) is 12.1 Å². The summed E-state index contributed by atoms with van der Waals surface area (Å²) in [5, 5.41) is 3.07. The molecule has 1 aromatic carbocycles. The van der Waals surface area contributed by atoms with Gasteiger partial charge in [0.05, 0.1) is 6.04 Å². The fourth-order valence-electron chi connectivity index (χ4n) is 2.21. The maximum atomic E-state index is 12.1. The Labute approximate surface area is 120 Å². The average Bonchev–Trinajstić information content (AvgIpc) is 3.18. The molecule has 1 unspecified atom stereocenters. The lowest BCUT2D eigenvalue weighted by molar-refractivity contribution is 0.0902. The molecule has 0 aliphatic heterocycles. The zero-order valence-electron chi connectivity index (χ0n) is 10.3. The molecule has 1 atom stereocenters. The normalized spacial score (nSPS) is 16.1. The van der Waals surface area contributed by atoms with Crippen LogP contribution in [0.5, 0.6) is 0 Å². The second-order valence-electron chi connectivity index (χ2n) is 4.80. The van der Waals surface area contributed by atoms with Crippen molar-refractivity contribution in [3.8, 4) is 0 Å². The summed E-state index contributed by atoms with van der Waals surface area (Å²) < 4.78 is 5.86. The van der Waals surface area contributed by atoms with Gasteiger partial charge in [-0.25, -0.2) is 0 Å². The minimum atomic E-state index is -0.161. The Morgan fingerprint density at radius 1 is 1.21 bits per heavy atom. The zero-order chi connectivity index (χ0) is 13.2. The number of halogens is 1. The summed E-state index contributed by atoms with van der Waals surface area (Å²) in [6.07, 6.45) is 2.34. The Balaban J connectivity index is 1.77. The topological polar surface area (TPSA) is 42.2 Å². The number of nitrogens with one attached hydrogen (secondary N) is 1. The van der Waals surface area contributed by atoms with E-state index in [1.165, 1.54) is 12.8 Å². The molecule has 0 saturated heterocycles. The lowest BCUT2D eigenvalue weighted by atomic mass is 10.0. The Kier molecular flexibility index (Phi) is 3.42. The molecule has 0 spiro atoms. The molecule has 1 aliphatic carbocycles. The van der Waals surface area contributed by atoms with E-state index in [0.717, 1.165) is 5.56 Å². The van der Waals surface area contributed by atoms with Crippen molar-refractivity contribution in [3.05, 3.63) is 58.5 Å². The Bertz CT molecular complexity index is 575. The highest BCUT2D eigenvalue weighted by atomic mass is 79.9. The molecule has 1 amide bonds. The van der Waals surface area contributed by atoms with Gasteiger partial charge in [-0.05, 0) is 52.4 Å². The van der Waals surface area contributed by atoms with Crippen LogP contribution in [-0.2, 0) is 0 Å². The van der Waals surface area contributed by atoms with Crippen LogP contribution < -0.4 is 5.32 Å². The summed E-state index contributed by atoms with van der Waals surface area (Å²) in [6, 6.07) is 13.6. The third-order valence-electron chi connectivity index (χ3n) is 3.34. The van der Waals surface area contributed by atoms with Crippen molar-refractivity contribution in [1.29, 1.82) is 0 Å². The highest BCUT2D eigenvalue weighted by Crippen LogP contribution is 2.41. The predicted octanol–water partition coefficient (Wildman–Crippen LogP) is 3.92. The van der Waals surface area contributed by atoms with E-state index in [4.69, 9.17) is 4.42 Å². The molecule has 1 heterocycles. The van der Waals surface area contributed by atoms with Crippen molar-refractivity contribution in [2.45, 2.75) is 18.9 Å². The van der Waals surface area contributed by atoms with Crippen molar-refractivity contribution in [3.63, 3.8) is 0 Å². The van der Waals surface area contributed by atoms with E-state index in [-0.39, 0.29) is 11.9 Å². The molecule has 3 nitrogen and oxygen atoms in total. The quantitative estimate of drug-likeness (QED) is 0.928. The number of amides is 1. The van der Waals surface area contributed by atoms with E-state index in [1.807, 2.05) is 18.2 Å². The monoisotopic (exact) mass is 319 g/mol. The molecule has 4 heteroatoms. The Morgan fingerprint density at radius 2 is 1.95 bits per heavy atom. The summed E-state index contributed by atoms with van der Waals surface area (Å²) in [4.78, 5) is 12.1. The lowest BCUT2D eigenvalue weighted by Gasteiger charge is -2.18. The molecule has 2 aromatic rings. The van der Waals surface area contributed by atoms with Gasteiger partial charge >= 0.3 is 0 Å². The Hall–Kier alpha value is -1.55. The standard InChI is InChI=1S/C15H14BrNO2/c16-13-9-8-12(19-13)15(18)17-14(11-6-7-11)10-4-2-1-3-5-10/h1-5,8-9,11,14H,6-7H2,(H,17,18). The van der Waals surface area contributed by atoms with E-state index in [0.29, 0.717) is 16.3 Å². The summed E-state index contributed by atoms with van der Waals surface area (Å²) in [7, 11) is 0. The van der Waals surface area contributed by atoms with Crippen molar-refractivity contribution in [1.82, 2.24) is 5.32 Å². The summed E-state index contributed by atoms with van der Waals surface area (Å²) in [6.45, 7) is 0. The molecule has 1 aromatic heterocycles. The van der Waals surface area contributed by atoms with Gasteiger partial charge in [0.25, 0.3) is 5.91 Å². The van der Waals surface area contributed by atoms with Gasteiger partial charge in [0.15, 0.2) is 10.4 Å². The van der Waals surface area contributed by atoms with Crippen LogP contribution in [0.15, 0.2) is 51.6 Å². The SMILES string of the molecule is O=C(NC(c1ccccc1)C1CC1)c1ccc(Br)o1. The van der Waals surface area contributed by atoms with Crippen molar-refractivity contribution >= 4 is 21.8 Å². The van der Waals surface area contributed by atoms with Crippen LogP contribution in [0, 0.1) is 5.92 Å². The first kappa shape index (κ1) is 12.5. The van der Waals surface area contributed by atoms with Gasteiger partial charge in [-0.1, -0.05) is 30.3 Å². The molecule has 98 valence electrons.